The van der Waals surface area contributed by atoms with E-state index < -0.39 is 53.0 Å². The summed E-state index contributed by atoms with van der Waals surface area (Å²) in [6.07, 6.45) is -2.82. The van der Waals surface area contributed by atoms with Gasteiger partial charge in [0.2, 0.25) is 0 Å². The van der Waals surface area contributed by atoms with Gasteiger partial charge in [0.15, 0.2) is 5.75 Å². The first kappa shape index (κ1) is 34.4. The molecule has 0 atom stereocenters. The number of alkyl halides is 4. The molecule has 3 rings (SSSR count). The van der Waals surface area contributed by atoms with Gasteiger partial charge < -0.3 is 14.2 Å². The zero-order valence-electron chi connectivity index (χ0n) is 22.9. The first-order valence-corrected chi connectivity index (χ1v) is 12.9. The predicted molar refractivity (Wildman–Crippen MR) is 137 cm³/mol. The molecule has 0 N–H and O–H groups in total. The first-order valence-electron chi connectivity index (χ1n) is 12.9. The molecule has 0 aliphatic carbocycles. The van der Waals surface area contributed by atoms with Gasteiger partial charge in [-0.1, -0.05) is 20.8 Å². The van der Waals surface area contributed by atoms with E-state index in [-0.39, 0.29) is 17.7 Å². The van der Waals surface area contributed by atoms with Crippen molar-refractivity contribution in [1.82, 2.24) is 0 Å². The van der Waals surface area contributed by atoms with Gasteiger partial charge in [-0.3, -0.25) is 4.94 Å². The molecule has 0 saturated heterocycles. The number of rotatable bonds is 12. The van der Waals surface area contributed by atoms with Crippen molar-refractivity contribution in [3.8, 4) is 34.1 Å². The average Bonchev–Trinajstić information content (AvgIpc) is 2.92. The highest BCUT2D eigenvalue weighted by atomic mass is 19.4. The Labute approximate surface area is 236 Å². The lowest BCUT2D eigenvalue weighted by atomic mass is 10.0. The first-order chi connectivity index (χ1) is 19.9. The highest BCUT2D eigenvalue weighted by molar-refractivity contribution is 5.78. The van der Waals surface area contributed by atoms with Gasteiger partial charge in [0, 0.05) is 28.8 Å². The van der Waals surface area contributed by atoms with Gasteiger partial charge in [-0.2, -0.15) is 13.2 Å². The van der Waals surface area contributed by atoms with E-state index in [2.05, 4.69) is 4.94 Å². The number of ether oxygens (including phenoxy) is 3. The minimum atomic E-state index is -5.16. The van der Waals surface area contributed by atoms with Gasteiger partial charge in [0.1, 0.15) is 52.8 Å². The van der Waals surface area contributed by atoms with Crippen molar-refractivity contribution in [2.24, 2.45) is 0 Å². The van der Waals surface area contributed by atoms with Gasteiger partial charge in [-0.25, -0.2) is 22.0 Å². The number of halogens is 9. The topological polar surface area (TPSA) is 36.9 Å². The standard InChI is InChI=1S/C22H27F3O3.C7H2F6O/c1-4-7-26-16-12-20(27-8-5-2)22(21(13-16)28-9-6-3)15-10-18(24)17(14-23)19(25)11-15;8-4-1-3(14-13)2-5(9)6(4)7(10,11)12/h10-13H,4-9,14H2,1-3H3;1-2H. The third kappa shape index (κ3) is 9.12. The number of benzene rings is 3. The van der Waals surface area contributed by atoms with E-state index in [1.807, 2.05) is 20.8 Å². The highest BCUT2D eigenvalue weighted by Gasteiger charge is 2.38. The maximum absolute atomic E-state index is 14.2. The summed E-state index contributed by atoms with van der Waals surface area (Å²) >= 11 is 0. The van der Waals surface area contributed by atoms with E-state index in [0.29, 0.717) is 42.6 Å². The second-order valence-electron chi connectivity index (χ2n) is 8.73. The zero-order valence-corrected chi connectivity index (χ0v) is 22.9. The lowest BCUT2D eigenvalue weighted by Gasteiger charge is -2.19. The zero-order chi connectivity index (χ0) is 31.4. The molecule has 0 radical (unpaired) electrons. The van der Waals surface area contributed by atoms with Crippen LogP contribution in [0.1, 0.15) is 51.2 Å². The molecule has 0 amide bonds. The maximum Gasteiger partial charge on any atom is 0.422 e. The van der Waals surface area contributed by atoms with E-state index in [1.54, 1.807) is 12.1 Å². The van der Waals surface area contributed by atoms with Crippen LogP contribution in [0, 0.1) is 23.3 Å². The molecule has 0 aliphatic rings. The molecule has 0 bridgehead atoms. The van der Waals surface area contributed by atoms with Gasteiger partial charge >= 0.3 is 6.18 Å². The molecule has 3 aromatic carbocycles. The summed E-state index contributed by atoms with van der Waals surface area (Å²) in [5.41, 5.74) is -2.00. The van der Waals surface area contributed by atoms with E-state index in [1.165, 1.54) is 0 Å². The molecule has 0 unspecified atom stereocenters. The molecule has 0 heterocycles. The van der Waals surface area contributed by atoms with Crippen molar-refractivity contribution < 1.29 is 58.8 Å². The molecule has 42 heavy (non-hydrogen) atoms. The predicted octanol–water partition coefficient (Wildman–Crippen LogP) is 9.71. The van der Waals surface area contributed by atoms with Gasteiger partial charge in [-0.15, -0.1) is 0 Å². The normalized spacial score (nSPS) is 11.0. The van der Waals surface area contributed by atoms with Crippen molar-refractivity contribution in [3.63, 3.8) is 0 Å². The lowest BCUT2D eigenvalue weighted by molar-refractivity contribution is -0.142. The Kier molecular flexibility index (Phi) is 13.1. The SMILES string of the molecule is CCCOc1cc(OCCC)c(-c2cc(F)c(CF)c(F)c2)c(OCCC)c1.FOc1cc(F)c(C(F)(F)F)c(F)c1. The number of hydrogen-bond donors (Lipinski definition) is 0. The fraction of sp³-hybridized carbons (Fsp3) is 0.379. The van der Waals surface area contributed by atoms with Gasteiger partial charge in [-0.05, 0) is 37.0 Å². The Balaban J connectivity index is 0.000000369. The monoisotopic (exact) mass is 612 g/mol. The lowest BCUT2D eigenvalue weighted by Crippen LogP contribution is -2.11. The third-order valence-electron chi connectivity index (χ3n) is 5.39. The molecule has 0 spiro atoms. The molecule has 13 heteroatoms. The number of hydrogen-bond acceptors (Lipinski definition) is 4. The van der Waals surface area contributed by atoms with Crippen molar-refractivity contribution in [3.05, 3.63) is 70.8 Å². The van der Waals surface area contributed by atoms with Crippen molar-refractivity contribution >= 4 is 0 Å². The van der Waals surface area contributed by atoms with Gasteiger partial charge in [0.25, 0.3) is 0 Å². The Morgan fingerprint density at radius 3 is 1.45 bits per heavy atom. The van der Waals surface area contributed by atoms with Crippen molar-refractivity contribution in [2.75, 3.05) is 19.8 Å². The summed E-state index contributed by atoms with van der Waals surface area (Å²) in [4.78, 5) is 2.90. The summed E-state index contributed by atoms with van der Waals surface area (Å²) in [6.45, 7) is 6.07. The fourth-order valence-corrected chi connectivity index (χ4v) is 3.55. The van der Waals surface area contributed by atoms with Crippen molar-refractivity contribution in [2.45, 2.75) is 52.9 Å². The molecule has 0 aromatic heterocycles. The molecule has 3 aromatic rings. The Bertz CT molecular complexity index is 1240. The Morgan fingerprint density at radius 1 is 0.619 bits per heavy atom. The van der Waals surface area contributed by atoms with Crippen LogP contribution < -0.4 is 19.2 Å². The molecule has 232 valence electrons. The largest absolute Gasteiger partial charge is 0.493 e. The molecular formula is C29H29F9O4. The van der Waals surface area contributed by atoms with Crippen LogP contribution in [0.4, 0.5) is 39.6 Å². The molecule has 0 fully saturated rings. The van der Waals surface area contributed by atoms with E-state index >= 15 is 0 Å². The van der Waals surface area contributed by atoms with E-state index in [0.717, 1.165) is 31.4 Å². The molecule has 0 aliphatic heterocycles. The summed E-state index contributed by atoms with van der Waals surface area (Å²) in [7, 11) is 0. The third-order valence-corrected chi connectivity index (χ3v) is 5.39. The smallest absolute Gasteiger partial charge is 0.422 e. The second kappa shape index (κ2) is 16.0. The second-order valence-corrected chi connectivity index (χ2v) is 8.73. The van der Waals surface area contributed by atoms with Crippen LogP contribution in [0.2, 0.25) is 0 Å². The molecule has 0 saturated carbocycles. The molecule has 4 nitrogen and oxygen atoms in total. The van der Waals surface area contributed by atoms with Crippen LogP contribution in [-0.4, -0.2) is 19.8 Å². The van der Waals surface area contributed by atoms with E-state index in [4.69, 9.17) is 14.2 Å². The minimum Gasteiger partial charge on any atom is -0.493 e. The minimum absolute atomic E-state index is 0.103. The Hall–Kier alpha value is -3.77. The van der Waals surface area contributed by atoms with Crippen LogP contribution in [0.15, 0.2) is 36.4 Å². The Morgan fingerprint density at radius 2 is 1.07 bits per heavy atom. The fourth-order valence-electron chi connectivity index (χ4n) is 3.55. The van der Waals surface area contributed by atoms with Crippen LogP contribution >= 0.6 is 0 Å². The maximum atomic E-state index is 14.2. The summed E-state index contributed by atoms with van der Waals surface area (Å²) < 4.78 is 131. The summed E-state index contributed by atoms with van der Waals surface area (Å²) in [5.74, 6) is -5.31. The van der Waals surface area contributed by atoms with Crippen LogP contribution in [0.3, 0.4) is 0 Å². The quantitative estimate of drug-likeness (QED) is 0.191. The highest BCUT2D eigenvalue weighted by Crippen LogP contribution is 2.43. The molecular weight excluding hydrogens is 583 g/mol. The van der Waals surface area contributed by atoms with Crippen LogP contribution in [-0.2, 0) is 12.9 Å². The summed E-state index contributed by atoms with van der Waals surface area (Å²) in [5, 5.41) is 0. The summed E-state index contributed by atoms with van der Waals surface area (Å²) in [6, 6.07) is 5.81. The average molecular weight is 613 g/mol. The van der Waals surface area contributed by atoms with Crippen molar-refractivity contribution in [1.29, 1.82) is 0 Å². The van der Waals surface area contributed by atoms with E-state index in [9.17, 15) is 39.6 Å². The van der Waals surface area contributed by atoms with Gasteiger partial charge in [0.05, 0.1) is 30.9 Å². The van der Waals surface area contributed by atoms with Crippen LogP contribution in [0.25, 0.3) is 11.1 Å². The van der Waals surface area contributed by atoms with Crippen LogP contribution in [0.5, 0.6) is 23.0 Å².